The lowest BCUT2D eigenvalue weighted by Crippen LogP contribution is -2.40. The van der Waals surface area contributed by atoms with Crippen molar-refractivity contribution in [3.05, 3.63) is 12.7 Å². The minimum Gasteiger partial charge on any atom is -0.390 e. The first-order valence-corrected chi connectivity index (χ1v) is 8.12. The van der Waals surface area contributed by atoms with E-state index in [4.69, 9.17) is 0 Å². The van der Waals surface area contributed by atoms with Crippen LogP contribution in [0.3, 0.4) is 0 Å². The molecule has 3 heterocycles. The van der Waals surface area contributed by atoms with Crippen molar-refractivity contribution in [2.75, 3.05) is 18.4 Å². The molecule has 4 N–H and O–H groups in total. The van der Waals surface area contributed by atoms with Gasteiger partial charge in [-0.3, -0.25) is 0 Å². The summed E-state index contributed by atoms with van der Waals surface area (Å²) in [7, 11) is 0. The molecular formula is C15H22N6O2. The number of aliphatic hydroxyl groups excluding tert-OH is 1. The smallest absolute Gasteiger partial charge is 0.165 e. The zero-order chi connectivity index (χ0) is 16.0. The molecule has 0 radical (unpaired) electrons. The van der Waals surface area contributed by atoms with Gasteiger partial charge in [0.2, 0.25) is 0 Å². The van der Waals surface area contributed by atoms with Crippen LogP contribution >= 0.6 is 0 Å². The van der Waals surface area contributed by atoms with E-state index in [2.05, 4.69) is 25.6 Å². The Labute approximate surface area is 134 Å². The normalized spacial score (nSPS) is 34.3. The van der Waals surface area contributed by atoms with Gasteiger partial charge >= 0.3 is 0 Å². The van der Waals surface area contributed by atoms with Gasteiger partial charge in [-0.05, 0) is 32.7 Å². The lowest BCUT2D eigenvalue weighted by molar-refractivity contribution is -0.0615. The monoisotopic (exact) mass is 318 g/mol. The minimum absolute atomic E-state index is 0.238. The molecule has 2 aliphatic rings. The molecule has 1 saturated carbocycles. The second-order valence-electron chi connectivity index (χ2n) is 6.72. The Balaban J connectivity index is 1.70. The fourth-order valence-corrected chi connectivity index (χ4v) is 3.70. The number of aromatic nitrogens is 4. The number of hydrogen-bond donors (Lipinski definition) is 4. The summed E-state index contributed by atoms with van der Waals surface area (Å²) in [4.78, 5) is 13.1. The lowest BCUT2D eigenvalue weighted by Gasteiger charge is -2.29. The maximum absolute atomic E-state index is 10.6. The van der Waals surface area contributed by atoms with Gasteiger partial charge in [-0.1, -0.05) is 0 Å². The Hall–Kier alpha value is -1.77. The fourth-order valence-electron chi connectivity index (χ4n) is 3.70. The number of imidazole rings is 1. The van der Waals surface area contributed by atoms with Crippen LogP contribution in [-0.4, -0.2) is 60.6 Å². The molecule has 1 aliphatic heterocycles. The van der Waals surface area contributed by atoms with Crippen molar-refractivity contribution < 1.29 is 10.2 Å². The van der Waals surface area contributed by atoms with Gasteiger partial charge < -0.3 is 25.4 Å². The Morgan fingerprint density at radius 1 is 1.30 bits per heavy atom. The molecule has 124 valence electrons. The zero-order valence-electron chi connectivity index (χ0n) is 13.1. The summed E-state index contributed by atoms with van der Waals surface area (Å²) in [5.74, 6) is 0.723. The van der Waals surface area contributed by atoms with E-state index in [9.17, 15) is 10.2 Å². The first-order valence-electron chi connectivity index (χ1n) is 8.12. The van der Waals surface area contributed by atoms with E-state index < -0.39 is 11.7 Å². The first-order chi connectivity index (χ1) is 11.1. The fraction of sp³-hybridized carbons (Fsp3) is 0.667. The van der Waals surface area contributed by atoms with Crippen molar-refractivity contribution in [3.63, 3.8) is 0 Å². The van der Waals surface area contributed by atoms with Gasteiger partial charge in [0.15, 0.2) is 11.5 Å². The number of aliphatic hydroxyl groups is 2. The van der Waals surface area contributed by atoms with Gasteiger partial charge in [-0.25, -0.2) is 15.0 Å². The van der Waals surface area contributed by atoms with Gasteiger partial charge in [0, 0.05) is 12.6 Å². The molecule has 4 rings (SSSR count). The molecule has 3 unspecified atom stereocenters. The van der Waals surface area contributed by atoms with Gasteiger partial charge in [-0.2, -0.15) is 0 Å². The van der Waals surface area contributed by atoms with Crippen molar-refractivity contribution >= 4 is 17.0 Å². The average Bonchev–Trinajstić information content (AvgIpc) is 3.22. The molecule has 8 heteroatoms. The van der Waals surface area contributed by atoms with Crippen LogP contribution in [0.5, 0.6) is 0 Å². The number of nitrogens with zero attached hydrogens (tertiary/aromatic N) is 4. The quantitative estimate of drug-likeness (QED) is 0.633. The van der Waals surface area contributed by atoms with Gasteiger partial charge in [0.05, 0.1) is 18.5 Å². The number of anilines is 1. The van der Waals surface area contributed by atoms with Crippen LogP contribution in [0.4, 0.5) is 5.82 Å². The van der Waals surface area contributed by atoms with E-state index in [0.29, 0.717) is 30.0 Å². The van der Waals surface area contributed by atoms with Gasteiger partial charge in [0.1, 0.15) is 17.4 Å². The Kier molecular flexibility index (Phi) is 3.47. The SMILES string of the molecule is CC1(O)C(O)CCC1n1cnc2c(N[C@H]3CCNC3)ncnc21. The van der Waals surface area contributed by atoms with Gasteiger partial charge in [0.25, 0.3) is 0 Å². The summed E-state index contributed by atoms with van der Waals surface area (Å²) in [6.45, 7) is 3.59. The van der Waals surface area contributed by atoms with E-state index in [1.807, 2.05) is 4.57 Å². The second kappa shape index (κ2) is 5.40. The van der Waals surface area contributed by atoms with Crippen LogP contribution in [0, 0.1) is 0 Å². The molecule has 2 fully saturated rings. The molecule has 0 aromatic carbocycles. The highest BCUT2D eigenvalue weighted by Crippen LogP contribution is 2.40. The summed E-state index contributed by atoms with van der Waals surface area (Å²) >= 11 is 0. The highest BCUT2D eigenvalue weighted by atomic mass is 16.3. The molecular weight excluding hydrogens is 296 g/mol. The first kappa shape index (κ1) is 14.8. The van der Waals surface area contributed by atoms with Crippen LogP contribution < -0.4 is 10.6 Å². The summed E-state index contributed by atoms with van der Waals surface area (Å²) in [6, 6.07) is 0.105. The molecule has 2 aromatic rings. The lowest BCUT2D eigenvalue weighted by atomic mass is 9.98. The van der Waals surface area contributed by atoms with Crippen molar-refractivity contribution in [1.82, 2.24) is 24.8 Å². The highest BCUT2D eigenvalue weighted by molar-refractivity contribution is 5.83. The van der Waals surface area contributed by atoms with E-state index in [-0.39, 0.29) is 6.04 Å². The number of fused-ring (bicyclic) bond motifs is 1. The van der Waals surface area contributed by atoms with Crippen LogP contribution in [0.15, 0.2) is 12.7 Å². The van der Waals surface area contributed by atoms with E-state index in [1.54, 1.807) is 13.3 Å². The number of nitrogens with one attached hydrogen (secondary N) is 2. The van der Waals surface area contributed by atoms with Crippen LogP contribution in [0.25, 0.3) is 11.2 Å². The van der Waals surface area contributed by atoms with Crippen molar-refractivity contribution in [1.29, 1.82) is 0 Å². The minimum atomic E-state index is -1.18. The highest BCUT2D eigenvalue weighted by Gasteiger charge is 2.46. The molecule has 8 nitrogen and oxygen atoms in total. The van der Waals surface area contributed by atoms with E-state index >= 15 is 0 Å². The molecule has 0 amide bonds. The third-order valence-corrected chi connectivity index (χ3v) is 5.16. The Bertz CT molecular complexity index is 709. The second-order valence-corrected chi connectivity index (χ2v) is 6.72. The molecule has 1 aliphatic carbocycles. The third-order valence-electron chi connectivity index (χ3n) is 5.16. The summed E-state index contributed by atoms with van der Waals surface area (Å²) in [5, 5.41) is 27.3. The van der Waals surface area contributed by atoms with Crippen LogP contribution in [0.2, 0.25) is 0 Å². The van der Waals surface area contributed by atoms with Crippen LogP contribution in [-0.2, 0) is 0 Å². The molecule has 2 aromatic heterocycles. The van der Waals surface area contributed by atoms with Gasteiger partial charge in [-0.15, -0.1) is 0 Å². The summed E-state index contributed by atoms with van der Waals surface area (Å²) in [5.41, 5.74) is 0.214. The number of hydrogen-bond acceptors (Lipinski definition) is 7. The van der Waals surface area contributed by atoms with Crippen molar-refractivity contribution in [3.8, 4) is 0 Å². The van der Waals surface area contributed by atoms with Crippen molar-refractivity contribution in [2.45, 2.75) is 50.0 Å². The predicted octanol–water partition coefficient (Wildman–Crippen LogP) is 0.0469. The van der Waals surface area contributed by atoms with E-state index in [0.717, 1.165) is 25.3 Å². The van der Waals surface area contributed by atoms with E-state index in [1.165, 1.54) is 6.33 Å². The third kappa shape index (κ3) is 2.37. The summed E-state index contributed by atoms with van der Waals surface area (Å²) < 4.78 is 1.87. The molecule has 1 saturated heterocycles. The van der Waals surface area contributed by atoms with Crippen molar-refractivity contribution in [2.24, 2.45) is 0 Å². The molecule has 0 spiro atoms. The largest absolute Gasteiger partial charge is 0.390 e. The predicted molar refractivity (Wildman–Crippen MR) is 85.1 cm³/mol. The molecule has 4 atom stereocenters. The Morgan fingerprint density at radius 2 is 2.17 bits per heavy atom. The average molecular weight is 318 g/mol. The Morgan fingerprint density at radius 3 is 2.87 bits per heavy atom. The summed E-state index contributed by atoms with van der Waals surface area (Å²) in [6.07, 6.45) is 4.80. The topological polar surface area (TPSA) is 108 Å². The maximum atomic E-state index is 10.6. The molecule has 23 heavy (non-hydrogen) atoms. The zero-order valence-corrected chi connectivity index (χ0v) is 13.1. The standard InChI is InChI=1S/C15H22N6O2/c1-15(23)10(2-3-11(15)22)21-8-19-12-13(17-7-18-14(12)21)20-9-4-5-16-6-9/h7-11,16,22-23H,2-6H2,1H3,(H,17,18,20)/t9-,10?,11?,15?/m0/s1. The molecule has 0 bridgehead atoms. The maximum Gasteiger partial charge on any atom is 0.165 e. The van der Waals surface area contributed by atoms with Crippen LogP contribution in [0.1, 0.15) is 32.2 Å². The number of rotatable bonds is 3.